The summed E-state index contributed by atoms with van der Waals surface area (Å²) >= 11 is 3.56. The monoisotopic (exact) mass is 289 g/mol. The normalized spacial score (nSPS) is 10.8. The third-order valence-electron chi connectivity index (χ3n) is 2.86. The van der Waals surface area contributed by atoms with Crippen LogP contribution in [0.5, 0.6) is 0 Å². The van der Waals surface area contributed by atoms with Gasteiger partial charge in [0.15, 0.2) is 0 Å². The first-order valence-corrected chi connectivity index (χ1v) is 6.52. The molecule has 0 bridgehead atoms. The third kappa shape index (κ3) is 2.70. The molecule has 0 saturated heterocycles. The molecule has 0 saturated carbocycles. The predicted octanol–water partition coefficient (Wildman–Crippen LogP) is 4.82. The van der Waals surface area contributed by atoms with E-state index in [9.17, 15) is 0 Å². The molecule has 17 heavy (non-hydrogen) atoms. The fourth-order valence-electron chi connectivity index (χ4n) is 1.86. The van der Waals surface area contributed by atoms with Gasteiger partial charge in [0.25, 0.3) is 0 Å². The van der Waals surface area contributed by atoms with Gasteiger partial charge in [0.1, 0.15) is 0 Å². The van der Waals surface area contributed by atoms with Crippen molar-refractivity contribution in [3.63, 3.8) is 0 Å². The Kier molecular flexibility index (Phi) is 3.53. The number of hydrogen-bond donors (Lipinski definition) is 1. The van der Waals surface area contributed by atoms with E-state index >= 15 is 0 Å². The molecule has 0 fully saturated rings. The van der Waals surface area contributed by atoms with E-state index in [4.69, 9.17) is 5.73 Å². The molecule has 0 aliphatic carbocycles. The number of nitrogens with two attached hydrogens (primary N) is 1. The number of nitrogen functional groups attached to an aromatic ring is 1. The van der Waals surface area contributed by atoms with E-state index in [0.29, 0.717) is 5.92 Å². The molecular weight excluding hydrogens is 274 g/mol. The Morgan fingerprint density at radius 2 is 1.76 bits per heavy atom. The average Bonchev–Trinajstić information content (AvgIpc) is 2.28. The second kappa shape index (κ2) is 4.92. The number of hydrogen-bond acceptors (Lipinski definition) is 1. The Bertz CT molecular complexity index is 532. The first-order chi connectivity index (χ1) is 8.08. The van der Waals surface area contributed by atoms with Gasteiger partial charge in [0.2, 0.25) is 0 Å². The fourth-order valence-corrected chi connectivity index (χ4v) is 2.37. The van der Waals surface area contributed by atoms with Gasteiger partial charge in [-0.2, -0.15) is 0 Å². The van der Waals surface area contributed by atoms with Crippen molar-refractivity contribution in [2.45, 2.75) is 19.8 Å². The van der Waals surface area contributed by atoms with Crippen molar-refractivity contribution < 1.29 is 0 Å². The topological polar surface area (TPSA) is 26.0 Å². The number of para-hydroxylation sites is 1. The molecule has 2 aromatic rings. The smallest absolute Gasteiger partial charge is 0.0393 e. The summed E-state index contributed by atoms with van der Waals surface area (Å²) in [5.74, 6) is 0.510. The molecule has 0 heterocycles. The summed E-state index contributed by atoms with van der Waals surface area (Å²) in [4.78, 5) is 0. The van der Waals surface area contributed by atoms with Crippen molar-refractivity contribution in [2.75, 3.05) is 5.73 Å². The van der Waals surface area contributed by atoms with Gasteiger partial charge in [-0.25, -0.2) is 0 Å². The number of benzene rings is 2. The van der Waals surface area contributed by atoms with Gasteiger partial charge in [0.05, 0.1) is 0 Å². The van der Waals surface area contributed by atoms with Crippen LogP contribution in [0.15, 0.2) is 46.9 Å². The van der Waals surface area contributed by atoms with Crippen molar-refractivity contribution in [1.29, 1.82) is 0 Å². The highest BCUT2D eigenvalue weighted by atomic mass is 79.9. The minimum Gasteiger partial charge on any atom is -0.398 e. The van der Waals surface area contributed by atoms with Gasteiger partial charge >= 0.3 is 0 Å². The highest BCUT2D eigenvalue weighted by Crippen LogP contribution is 2.31. The summed E-state index contributed by atoms with van der Waals surface area (Å²) in [6.07, 6.45) is 0. The number of halogens is 1. The highest BCUT2D eigenvalue weighted by Gasteiger charge is 2.06. The molecule has 0 amide bonds. The Morgan fingerprint density at radius 1 is 1.06 bits per heavy atom. The standard InChI is InChI=1S/C15H16BrN/c1-10(2)11-7-12(9-13(16)8-11)14-5-3-4-6-15(14)17/h3-10H,17H2,1-2H3. The molecule has 2 aromatic carbocycles. The Labute approximate surface area is 111 Å². The van der Waals surface area contributed by atoms with Crippen molar-refractivity contribution >= 4 is 21.6 Å². The second-order valence-corrected chi connectivity index (χ2v) is 5.43. The predicted molar refractivity (Wildman–Crippen MR) is 78.1 cm³/mol. The molecule has 0 unspecified atom stereocenters. The number of rotatable bonds is 2. The van der Waals surface area contributed by atoms with E-state index in [2.05, 4.69) is 54.0 Å². The molecule has 0 aliphatic heterocycles. The minimum atomic E-state index is 0.510. The summed E-state index contributed by atoms with van der Waals surface area (Å²) in [7, 11) is 0. The maximum absolute atomic E-state index is 6.01. The van der Waals surface area contributed by atoms with Gasteiger partial charge in [-0.3, -0.25) is 0 Å². The van der Waals surface area contributed by atoms with Crippen LogP contribution in [0.4, 0.5) is 5.69 Å². The number of anilines is 1. The van der Waals surface area contributed by atoms with E-state index in [-0.39, 0.29) is 0 Å². The lowest BCUT2D eigenvalue weighted by atomic mass is 9.97. The van der Waals surface area contributed by atoms with Gasteiger partial charge in [-0.1, -0.05) is 54.0 Å². The minimum absolute atomic E-state index is 0.510. The van der Waals surface area contributed by atoms with Crippen molar-refractivity contribution in [1.82, 2.24) is 0 Å². The SMILES string of the molecule is CC(C)c1cc(Br)cc(-c2ccccc2N)c1. The van der Waals surface area contributed by atoms with E-state index in [1.54, 1.807) is 0 Å². The van der Waals surface area contributed by atoms with Gasteiger partial charge < -0.3 is 5.73 Å². The van der Waals surface area contributed by atoms with Gasteiger partial charge in [-0.05, 0) is 35.2 Å². The van der Waals surface area contributed by atoms with Crippen molar-refractivity contribution in [3.05, 3.63) is 52.5 Å². The Balaban J connectivity index is 2.56. The van der Waals surface area contributed by atoms with Gasteiger partial charge in [-0.15, -0.1) is 0 Å². The molecule has 0 spiro atoms. The van der Waals surface area contributed by atoms with Crippen LogP contribution >= 0.6 is 15.9 Å². The van der Waals surface area contributed by atoms with Crippen LogP contribution < -0.4 is 5.73 Å². The van der Waals surface area contributed by atoms with Crippen LogP contribution in [0, 0.1) is 0 Å². The Hall–Kier alpha value is -1.28. The second-order valence-electron chi connectivity index (χ2n) is 4.52. The summed E-state index contributed by atoms with van der Waals surface area (Å²) in [5.41, 5.74) is 10.4. The molecule has 0 aromatic heterocycles. The largest absolute Gasteiger partial charge is 0.398 e. The zero-order valence-electron chi connectivity index (χ0n) is 10.1. The lowest BCUT2D eigenvalue weighted by Gasteiger charge is -2.11. The zero-order chi connectivity index (χ0) is 12.4. The van der Waals surface area contributed by atoms with E-state index in [0.717, 1.165) is 15.7 Å². The molecule has 2 N–H and O–H groups in total. The highest BCUT2D eigenvalue weighted by molar-refractivity contribution is 9.10. The molecule has 0 atom stereocenters. The first-order valence-electron chi connectivity index (χ1n) is 5.73. The van der Waals surface area contributed by atoms with Crippen LogP contribution in [0.2, 0.25) is 0 Å². The summed E-state index contributed by atoms with van der Waals surface area (Å²) in [6, 6.07) is 14.4. The lowest BCUT2D eigenvalue weighted by molar-refractivity contribution is 0.866. The van der Waals surface area contributed by atoms with Crippen LogP contribution in [0.25, 0.3) is 11.1 Å². The average molecular weight is 290 g/mol. The molecule has 2 rings (SSSR count). The molecule has 0 aliphatic rings. The summed E-state index contributed by atoms with van der Waals surface area (Å²) in [6.45, 7) is 4.39. The van der Waals surface area contributed by atoms with Crippen LogP contribution in [-0.2, 0) is 0 Å². The fraction of sp³-hybridized carbons (Fsp3) is 0.200. The lowest BCUT2D eigenvalue weighted by Crippen LogP contribution is -1.92. The van der Waals surface area contributed by atoms with Crippen molar-refractivity contribution in [3.8, 4) is 11.1 Å². The molecule has 1 nitrogen and oxygen atoms in total. The summed E-state index contributed by atoms with van der Waals surface area (Å²) in [5, 5.41) is 0. The van der Waals surface area contributed by atoms with Crippen LogP contribution in [0.1, 0.15) is 25.3 Å². The van der Waals surface area contributed by atoms with Crippen LogP contribution in [-0.4, -0.2) is 0 Å². The molecular formula is C15H16BrN. The third-order valence-corrected chi connectivity index (χ3v) is 3.32. The van der Waals surface area contributed by atoms with Crippen molar-refractivity contribution in [2.24, 2.45) is 0 Å². The first kappa shape index (κ1) is 12.2. The van der Waals surface area contributed by atoms with E-state index in [1.165, 1.54) is 11.1 Å². The van der Waals surface area contributed by atoms with E-state index in [1.807, 2.05) is 18.2 Å². The zero-order valence-corrected chi connectivity index (χ0v) is 11.7. The maximum atomic E-state index is 6.01. The molecule has 2 heteroatoms. The Morgan fingerprint density at radius 3 is 2.41 bits per heavy atom. The van der Waals surface area contributed by atoms with Gasteiger partial charge in [0, 0.05) is 15.7 Å². The summed E-state index contributed by atoms with van der Waals surface area (Å²) < 4.78 is 1.10. The van der Waals surface area contributed by atoms with E-state index < -0.39 is 0 Å². The quantitative estimate of drug-likeness (QED) is 0.788. The molecule has 0 radical (unpaired) electrons. The van der Waals surface area contributed by atoms with Crippen LogP contribution in [0.3, 0.4) is 0 Å². The maximum Gasteiger partial charge on any atom is 0.0393 e. The molecule has 88 valence electrons.